The van der Waals surface area contributed by atoms with Crippen LogP contribution in [0.4, 0.5) is 16.2 Å². The van der Waals surface area contributed by atoms with Crippen molar-refractivity contribution in [1.29, 1.82) is 0 Å². The molecule has 1 fully saturated rings. The summed E-state index contributed by atoms with van der Waals surface area (Å²) in [4.78, 5) is 16.7. The Bertz CT molecular complexity index is 694. The van der Waals surface area contributed by atoms with Crippen LogP contribution in [0.15, 0.2) is 47.1 Å². The summed E-state index contributed by atoms with van der Waals surface area (Å²) in [5, 5.41) is 5.87. The van der Waals surface area contributed by atoms with Crippen molar-refractivity contribution in [3.05, 3.63) is 48.4 Å². The van der Waals surface area contributed by atoms with E-state index in [4.69, 9.17) is 4.42 Å². The highest BCUT2D eigenvalue weighted by Gasteiger charge is 2.18. The van der Waals surface area contributed by atoms with E-state index < -0.39 is 0 Å². The van der Waals surface area contributed by atoms with E-state index in [1.54, 1.807) is 6.26 Å². The molecule has 26 heavy (non-hydrogen) atoms. The number of benzene rings is 1. The van der Waals surface area contributed by atoms with Gasteiger partial charge >= 0.3 is 6.03 Å². The van der Waals surface area contributed by atoms with Crippen molar-refractivity contribution >= 4 is 17.4 Å². The molecule has 2 N–H and O–H groups in total. The van der Waals surface area contributed by atoms with Gasteiger partial charge in [0.05, 0.1) is 12.3 Å². The molecular formula is C20H28N4O2. The Kier molecular flexibility index (Phi) is 6.17. The average Bonchev–Trinajstić information content (AvgIpc) is 3.17. The molecule has 2 amide bonds. The number of furan rings is 1. The van der Waals surface area contributed by atoms with Gasteiger partial charge in [0.15, 0.2) is 0 Å². The molecule has 1 unspecified atom stereocenters. The molecule has 6 nitrogen and oxygen atoms in total. The van der Waals surface area contributed by atoms with Crippen molar-refractivity contribution in [2.45, 2.75) is 25.3 Å². The van der Waals surface area contributed by atoms with E-state index in [0.29, 0.717) is 6.54 Å². The number of rotatable bonds is 6. The van der Waals surface area contributed by atoms with Gasteiger partial charge in [0.2, 0.25) is 0 Å². The third-order valence-corrected chi connectivity index (χ3v) is 4.78. The normalized spacial score (nSPS) is 15.7. The first-order chi connectivity index (χ1) is 12.6. The summed E-state index contributed by atoms with van der Waals surface area (Å²) in [5.41, 5.74) is 1.98. The van der Waals surface area contributed by atoms with Gasteiger partial charge < -0.3 is 20.0 Å². The van der Waals surface area contributed by atoms with Crippen molar-refractivity contribution in [3.8, 4) is 0 Å². The van der Waals surface area contributed by atoms with E-state index >= 15 is 0 Å². The van der Waals surface area contributed by atoms with Gasteiger partial charge in [-0.25, -0.2) is 4.79 Å². The summed E-state index contributed by atoms with van der Waals surface area (Å²) in [6, 6.07) is 11.6. The van der Waals surface area contributed by atoms with Crippen molar-refractivity contribution < 1.29 is 9.21 Å². The van der Waals surface area contributed by atoms with Crippen LogP contribution in [0.2, 0.25) is 0 Å². The number of carbonyl (C=O) groups excluding carboxylic acids is 1. The van der Waals surface area contributed by atoms with Crippen LogP contribution in [0.3, 0.4) is 0 Å². The lowest BCUT2D eigenvalue weighted by molar-refractivity contribution is 0.233. The van der Waals surface area contributed by atoms with Gasteiger partial charge in [-0.15, -0.1) is 0 Å². The Morgan fingerprint density at radius 1 is 1.19 bits per heavy atom. The Labute approximate surface area is 155 Å². The van der Waals surface area contributed by atoms with E-state index in [9.17, 15) is 4.79 Å². The summed E-state index contributed by atoms with van der Waals surface area (Å²) in [6.45, 7) is 2.64. The van der Waals surface area contributed by atoms with Gasteiger partial charge in [0.1, 0.15) is 5.76 Å². The number of anilines is 2. The van der Waals surface area contributed by atoms with Crippen LogP contribution >= 0.6 is 0 Å². The smallest absolute Gasteiger partial charge is 0.319 e. The van der Waals surface area contributed by atoms with E-state index in [2.05, 4.69) is 21.6 Å². The molecule has 1 aliphatic heterocycles. The molecule has 0 spiro atoms. The molecule has 0 saturated carbocycles. The molecule has 0 radical (unpaired) electrons. The third-order valence-electron chi connectivity index (χ3n) is 4.78. The highest BCUT2D eigenvalue weighted by atomic mass is 16.3. The number of nitrogens with one attached hydrogen (secondary N) is 2. The number of amides is 2. The summed E-state index contributed by atoms with van der Waals surface area (Å²) in [7, 11) is 3.93. The zero-order chi connectivity index (χ0) is 18.4. The van der Waals surface area contributed by atoms with E-state index in [0.717, 1.165) is 24.5 Å². The number of likely N-dealkylation sites (N-methyl/N-ethyl adjacent to an activating group) is 1. The summed E-state index contributed by atoms with van der Waals surface area (Å²) in [5.74, 6) is 0.836. The van der Waals surface area contributed by atoms with Crippen LogP contribution in [-0.4, -0.2) is 44.7 Å². The zero-order valence-corrected chi connectivity index (χ0v) is 15.6. The molecule has 3 rings (SSSR count). The lowest BCUT2D eigenvalue weighted by Crippen LogP contribution is -2.36. The second-order valence-corrected chi connectivity index (χ2v) is 6.93. The topological polar surface area (TPSA) is 60.8 Å². The Morgan fingerprint density at radius 3 is 2.69 bits per heavy atom. The van der Waals surface area contributed by atoms with Crippen LogP contribution in [-0.2, 0) is 0 Å². The Balaban J connectivity index is 1.56. The van der Waals surface area contributed by atoms with Gasteiger partial charge in [-0.1, -0.05) is 6.07 Å². The molecule has 1 aliphatic rings. The number of urea groups is 1. The Morgan fingerprint density at radius 2 is 2.00 bits per heavy atom. The third kappa shape index (κ3) is 4.79. The number of carbonyl (C=O) groups is 1. The maximum Gasteiger partial charge on any atom is 0.319 e. The summed E-state index contributed by atoms with van der Waals surface area (Å²) < 4.78 is 5.47. The first kappa shape index (κ1) is 18.3. The lowest BCUT2D eigenvalue weighted by Gasteiger charge is -2.29. The van der Waals surface area contributed by atoms with Crippen molar-refractivity contribution in [3.63, 3.8) is 0 Å². The summed E-state index contributed by atoms with van der Waals surface area (Å²) in [6.07, 6.45) is 5.42. The molecule has 1 aromatic heterocycles. The van der Waals surface area contributed by atoms with Gasteiger partial charge in [0, 0.05) is 31.0 Å². The van der Waals surface area contributed by atoms with Crippen LogP contribution in [0.1, 0.15) is 31.1 Å². The monoisotopic (exact) mass is 356 g/mol. The second kappa shape index (κ2) is 8.76. The van der Waals surface area contributed by atoms with Crippen molar-refractivity contribution in [2.75, 3.05) is 43.9 Å². The molecule has 0 aliphatic carbocycles. The van der Waals surface area contributed by atoms with Crippen LogP contribution in [0.25, 0.3) is 0 Å². The lowest BCUT2D eigenvalue weighted by atomic mass is 10.1. The number of nitrogens with zero attached hydrogens (tertiary/aromatic N) is 2. The minimum Gasteiger partial charge on any atom is -0.468 e. The molecule has 1 saturated heterocycles. The predicted octanol–water partition coefficient (Wildman–Crippen LogP) is 3.69. The Hall–Kier alpha value is -2.47. The van der Waals surface area contributed by atoms with Crippen molar-refractivity contribution in [2.24, 2.45) is 0 Å². The molecular weight excluding hydrogens is 328 g/mol. The molecule has 2 heterocycles. The van der Waals surface area contributed by atoms with Crippen LogP contribution < -0.4 is 15.5 Å². The van der Waals surface area contributed by atoms with E-state index in [1.807, 2.05) is 49.3 Å². The highest BCUT2D eigenvalue weighted by Crippen LogP contribution is 2.23. The van der Waals surface area contributed by atoms with E-state index in [1.165, 1.54) is 24.9 Å². The molecule has 140 valence electrons. The van der Waals surface area contributed by atoms with E-state index in [-0.39, 0.29) is 12.1 Å². The van der Waals surface area contributed by atoms with Crippen LogP contribution in [0, 0.1) is 0 Å². The van der Waals surface area contributed by atoms with Gasteiger partial charge in [-0.05, 0) is 63.7 Å². The summed E-state index contributed by atoms with van der Waals surface area (Å²) >= 11 is 0. The average molecular weight is 356 g/mol. The fraction of sp³-hybridized carbons (Fsp3) is 0.450. The molecule has 2 aromatic rings. The predicted molar refractivity (Wildman–Crippen MR) is 105 cm³/mol. The molecule has 1 atom stereocenters. The molecule has 6 heteroatoms. The minimum atomic E-state index is -0.209. The molecule has 1 aromatic carbocycles. The fourth-order valence-corrected chi connectivity index (χ4v) is 3.32. The van der Waals surface area contributed by atoms with Crippen molar-refractivity contribution in [1.82, 2.24) is 10.2 Å². The van der Waals surface area contributed by atoms with Gasteiger partial charge in [-0.2, -0.15) is 0 Å². The zero-order valence-electron chi connectivity index (χ0n) is 15.6. The maximum absolute atomic E-state index is 12.3. The standard InChI is InChI=1S/C20H28N4O2/c1-23(2)18(19-10-7-13-26-19)15-21-20(25)22-16-8-6-9-17(14-16)24-11-4-3-5-12-24/h6-10,13-14,18H,3-5,11-12,15H2,1-2H3,(H2,21,22,25). The number of hydrogen-bond donors (Lipinski definition) is 2. The minimum absolute atomic E-state index is 0.00423. The molecule has 0 bridgehead atoms. The van der Waals surface area contributed by atoms with Gasteiger partial charge in [0.25, 0.3) is 0 Å². The number of piperidine rings is 1. The first-order valence-corrected chi connectivity index (χ1v) is 9.23. The van der Waals surface area contributed by atoms with Crippen LogP contribution in [0.5, 0.6) is 0 Å². The largest absolute Gasteiger partial charge is 0.468 e. The SMILES string of the molecule is CN(C)C(CNC(=O)Nc1cccc(N2CCCCC2)c1)c1ccco1. The van der Waals surface area contributed by atoms with Gasteiger partial charge in [-0.3, -0.25) is 4.90 Å². The fourth-order valence-electron chi connectivity index (χ4n) is 3.32. The highest BCUT2D eigenvalue weighted by molar-refractivity contribution is 5.89. The maximum atomic E-state index is 12.3. The number of hydrogen-bond acceptors (Lipinski definition) is 4. The second-order valence-electron chi connectivity index (χ2n) is 6.93. The first-order valence-electron chi connectivity index (χ1n) is 9.23. The quantitative estimate of drug-likeness (QED) is 0.829.